The number of nitrogens with two attached hydrogens (primary N) is 1. The van der Waals surface area contributed by atoms with Crippen LogP contribution in [0.15, 0.2) is 0 Å². The minimum atomic E-state index is -0.258. The second kappa shape index (κ2) is 8.17. The standard InChI is InChI=1S/C10H23NO3/c1-8(2)10(11)9(7-12)14-6-4-5-13-3/h8-10,12H,4-7,11H2,1-3H3. The number of aliphatic hydroxyl groups is 1. The lowest BCUT2D eigenvalue weighted by Gasteiger charge is -2.25. The Morgan fingerprint density at radius 2 is 1.93 bits per heavy atom. The molecular formula is C10H23NO3. The Morgan fingerprint density at radius 1 is 1.29 bits per heavy atom. The van der Waals surface area contributed by atoms with E-state index in [9.17, 15) is 0 Å². The Morgan fingerprint density at radius 3 is 2.36 bits per heavy atom. The van der Waals surface area contributed by atoms with Crippen molar-refractivity contribution < 1.29 is 14.6 Å². The molecule has 0 saturated carbocycles. The molecule has 0 aromatic heterocycles. The molecule has 0 saturated heterocycles. The lowest BCUT2D eigenvalue weighted by Crippen LogP contribution is -2.43. The van der Waals surface area contributed by atoms with E-state index in [1.807, 2.05) is 13.8 Å². The third kappa shape index (κ3) is 5.54. The quantitative estimate of drug-likeness (QED) is 0.562. The Bertz CT molecular complexity index is 131. The molecule has 0 amide bonds. The van der Waals surface area contributed by atoms with Gasteiger partial charge in [0.15, 0.2) is 0 Å². The third-order valence-corrected chi connectivity index (χ3v) is 2.20. The summed E-state index contributed by atoms with van der Waals surface area (Å²) in [5.41, 5.74) is 5.87. The predicted octanol–water partition coefficient (Wildman–Crippen LogP) is 0.384. The van der Waals surface area contributed by atoms with Crippen molar-refractivity contribution in [3.05, 3.63) is 0 Å². The van der Waals surface area contributed by atoms with Crippen LogP contribution < -0.4 is 5.73 Å². The predicted molar refractivity (Wildman–Crippen MR) is 56.1 cm³/mol. The molecule has 0 rings (SSSR count). The lowest BCUT2D eigenvalue weighted by atomic mass is 10.00. The Balaban J connectivity index is 3.67. The zero-order chi connectivity index (χ0) is 11.0. The van der Waals surface area contributed by atoms with E-state index < -0.39 is 0 Å². The summed E-state index contributed by atoms with van der Waals surface area (Å²) in [6.45, 7) is 5.28. The maximum Gasteiger partial charge on any atom is 0.0958 e. The summed E-state index contributed by atoms with van der Waals surface area (Å²) in [4.78, 5) is 0. The monoisotopic (exact) mass is 205 g/mol. The largest absolute Gasteiger partial charge is 0.394 e. The van der Waals surface area contributed by atoms with Crippen molar-refractivity contribution in [3.63, 3.8) is 0 Å². The summed E-state index contributed by atoms with van der Waals surface area (Å²) in [7, 11) is 1.66. The van der Waals surface area contributed by atoms with Gasteiger partial charge in [-0.25, -0.2) is 0 Å². The lowest BCUT2D eigenvalue weighted by molar-refractivity contribution is -0.0172. The van der Waals surface area contributed by atoms with E-state index in [0.29, 0.717) is 19.1 Å². The van der Waals surface area contributed by atoms with Crippen LogP contribution in [0.5, 0.6) is 0 Å². The summed E-state index contributed by atoms with van der Waals surface area (Å²) in [5.74, 6) is 0.314. The van der Waals surface area contributed by atoms with Crippen LogP contribution in [0.1, 0.15) is 20.3 Å². The molecule has 4 heteroatoms. The van der Waals surface area contributed by atoms with Crippen LogP contribution in [0.3, 0.4) is 0 Å². The van der Waals surface area contributed by atoms with Gasteiger partial charge >= 0.3 is 0 Å². The molecule has 0 radical (unpaired) electrons. The fourth-order valence-corrected chi connectivity index (χ4v) is 1.15. The molecule has 0 spiro atoms. The number of aliphatic hydroxyl groups excluding tert-OH is 1. The van der Waals surface area contributed by atoms with E-state index >= 15 is 0 Å². The van der Waals surface area contributed by atoms with Gasteiger partial charge in [-0.1, -0.05) is 13.8 Å². The van der Waals surface area contributed by atoms with Crippen LogP contribution >= 0.6 is 0 Å². The maximum atomic E-state index is 9.07. The molecule has 3 N–H and O–H groups in total. The highest BCUT2D eigenvalue weighted by Gasteiger charge is 2.20. The van der Waals surface area contributed by atoms with Crippen molar-refractivity contribution in [2.24, 2.45) is 11.7 Å². The summed E-state index contributed by atoms with van der Waals surface area (Å²) in [5, 5.41) is 9.07. The molecule has 0 aromatic rings. The Hall–Kier alpha value is -0.160. The molecule has 0 bridgehead atoms. The molecule has 0 aromatic carbocycles. The van der Waals surface area contributed by atoms with Gasteiger partial charge in [0.25, 0.3) is 0 Å². The van der Waals surface area contributed by atoms with Gasteiger partial charge in [0.1, 0.15) is 0 Å². The van der Waals surface area contributed by atoms with Crippen molar-refractivity contribution in [1.29, 1.82) is 0 Å². The average Bonchev–Trinajstić information content (AvgIpc) is 2.17. The van der Waals surface area contributed by atoms with Gasteiger partial charge < -0.3 is 20.3 Å². The molecule has 4 nitrogen and oxygen atoms in total. The highest BCUT2D eigenvalue weighted by atomic mass is 16.5. The number of ether oxygens (including phenoxy) is 2. The van der Waals surface area contributed by atoms with Crippen LogP contribution in [0, 0.1) is 5.92 Å². The van der Waals surface area contributed by atoms with Crippen molar-refractivity contribution in [2.75, 3.05) is 26.9 Å². The van der Waals surface area contributed by atoms with Crippen molar-refractivity contribution in [2.45, 2.75) is 32.4 Å². The van der Waals surface area contributed by atoms with Crippen LogP contribution in [0.2, 0.25) is 0 Å². The molecule has 0 aliphatic carbocycles. The average molecular weight is 205 g/mol. The summed E-state index contributed by atoms with van der Waals surface area (Å²) in [6.07, 6.45) is 0.574. The summed E-state index contributed by atoms with van der Waals surface area (Å²) >= 11 is 0. The molecule has 2 atom stereocenters. The molecular weight excluding hydrogens is 182 g/mol. The highest BCUT2D eigenvalue weighted by molar-refractivity contribution is 4.75. The molecule has 14 heavy (non-hydrogen) atoms. The van der Waals surface area contributed by atoms with E-state index in [1.165, 1.54) is 0 Å². The van der Waals surface area contributed by atoms with Gasteiger partial charge in [-0.05, 0) is 12.3 Å². The first-order valence-electron chi connectivity index (χ1n) is 5.10. The first-order valence-corrected chi connectivity index (χ1v) is 5.10. The van der Waals surface area contributed by atoms with E-state index in [0.717, 1.165) is 6.42 Å². The van der Waals surface area contributed by atoms with E-state index in [2.05, 4.69) is 0 Å². The van der Waals surface area contributed by atoms with Crippen molar-refractivity contribution in [3.8, 4) is 0 Å². The fraction of sp³-hybridized carbons (Fsp3) is 1.00. The molecule has 0 aliphatic heterocycles. The SMILES string of the molecule is COCCCOC(CO)C(N)C(C)C. The van der Waals surface area contributed by atoms with Gasteiger partial charge in [0.05, 0.1) is 12.7 Å². The van der Waals surface area contributed by atoms with Gasteiger partial charge in [0, 0.05) is 26.4 Å². The van der Waals surface area contributed by atoms with Crippen molar-refractivity contribution >= 4 is 0 Å². The normalized spacial score (nSPS) is 15.9. The first kappa shape index (κ1) is 13.8. The zero-order valence-electron chi connectivity index (χ0n) is 9.40. The number of hydrogen-bond acceptors (Lipinski definition) is 4. The molecule has 0 fully saturated rings. The van der Waals surface area contributed by atoms with Crippen LogP contribution in [-0.4, -0.2) is 44.2 Å². The van der Waals surface area contributed by atoms with E-state index in [-0.39, 0.29) is 18.8 Å². The number of hydrogen-bond donors (Lipinski definition) is 2. The molecule has 2 unspecified atom stereocenters. The molecule has 0 aliphatic rings. The van der Waals surface area contributed by atoms with Gasteiger partial charge in [-0.2, -0.15) is 0 Å². The zero-order valence-corrected chi connectivity index (χ0v) is 9.40. The van der Waals surface area contributed by atoms with Gasteiger partial charge in [0.2, 0.25) is 0 Å². The van der Waals surface area contributed by atoms with Crippen LogP contribution in [0.4, 0.5) is 0 Å². The van der Waals surface area contributed by atoms with Gasteiger partial charge in [-0.15, -0.1) is 0 Å². The first-order chi connectivity index (χ1) is 6.63. The highest BCUT2D eigenvalue weighted by Crippen LogP contribution is 2.07. The van der Waals surface area contributed by atoms with E-state index in [4.69, 9.17) is 20.3 Å². The van der Waals surface area contributed by atoms with E-state index in [1.54, 1.807) is 7.11 Å². The van der Waals surface area contributed by atoms with Crippen LogP contribution in [0.25, 0.3) is 0 Å². The minimum Gasteiger partial charge on any atom is -0.394 e. The second-order valence-corrected chi connectivity index (χ2v) is 3.76. The fourth-order valence-electron chi connectivity index (χ4n) is 1.15. The smallest absolute Gasteiger partial charge is 0.0958 e. The summed E-state index contributed by atoms with van der Waals surface area (Å²) in [6, 6.07) is -0.109. The van der Waals surface area contributed by atoms with Gasteiger partial charge in [-0.3, -0.25) is 0 Å². The second-order valence-electron chi connectivity index (χ2n) is 3.76. The summed E-state index contributed by atoms with van der Waals surface area (Å²) < 4.78 is 10.4. The maximum absolute atomic E-state index is 9.07. The number of methoxy groups -OCH3 is 1. The van der Waals surface area contributed by atoms with Crippen molar-refractivity contribution in [1.82, 2.24) is 0 Å². The third-order valence-electron chi connectivity index (χ3n) is 2.20. The minimum absolute atomic E-state index is 0.0215. The van der Waals surface area contributed by atoms with Crippen LogP contribution in [-0.2, 0) is 9.47 Å². The molecule has 86 valence electrons. The Kier molecular flexibility index (Phi) is 8.08. The number of rotatable bonds is 8. The topological polar surface area (TPSA) is 64.7 Å². The molecule has 0 heterocycles. The Labute approximate surface area is 86.4 Å².